The summed E-state index contributed by atoms with van der Waals surface area (Å²) < 4.78 is 0. The van der Waals surface area contributed by atoms with E-state index in [1.165, 1.54) is 0 Å². The molecule has 2 amide bonds. The second-order valence-electron chi connectivity index (χ2n) is 4.85. The summed E-state index contributed by atoms with van der Waals surface area (Å²) in [6.07, 6.45) is 0. The van der Waals surface area contributed by atoms with Crippen LogP contribution in [0.1, 0.15) is 20.8 Å². The summed E-state index contributed by atoms with van der Waals surface area (Å²) in [4.78, 5) is 23.0. The Morgan fingerprint density at radius 3 is 2.24 bits per heavy atom. The minimum Gasteiger partial charge on any atom is -0.331 e. The van der Waals surface area contributed by atoms with Crippen LogP contribution in [0, 0.1) is 5.41 Å². The Hall–Kier alpha value is -1.84. The number of nitrogens with one attached hydrogen (secondary N) is 2. The zero-order valence-corrected chi connectivity index (χ0v) is 10.4. The van der Waals surface area contributed by atoms with Gasteiger partial charge in [0.15, 0.2) is 5.78 Å². The molecule has 0 heterocycles. The van der Waals surface area contributed by atoms with Gasteiger partial charge in [-0.2, -0.15) is 0 Å². The van der Waals surface area contributed by atoms with Crippen molar-refractivity contribution in [2.24, 2.45) is 5.41 Å². The molecule has 0 bridgehead atoms. The molecule has 1 rings (SSSR count). The SMILES string of the molecule is CC(C)(C)C(=O)CNC(=O)Nc1ccccc1. The maximum atomic E-state index is 11.6. The molecule has 92 valence electrons. The zero-order chi connectivity index (χ0) is 12.9. The number of urea groups is 1. The smallest absolute Gasteiger partial charge is 0.319 e. The number of Topliss-reactive ketones (excluding diaryl/α,β-unsaturated/α-hetero) is 1. The van der Waals surface area contributed by atoms with E-state index in [-0.39, 0.29) is 18.4 Å². The maximum absolute atomic E-state index is 11.6. The van der Waals surface area contributed by atoms with Gasteiger partial charge in [-0.1, -0.05) is 39.0 Å². The first kappa shape index (κ1) is 13.2. The average molecular weight is 234 g/mol. The van der Waals surface area contributed by atoms with Crippen LogP contribution < -0.4 is 10.6 Å². The van der Waals surface area contributed by atoms with E-state index in [1.54, 1.807) is 12.1 Å². The summed E-state index contributed by atoms with van der Waals surface area (Å²) in [7, 11) is 0. The Kier molecular flexibility index (Phi) is 4.26. The molecule has 0 unspecified atom stereocenters. The predicted molar refractivity (Wildman–Crippen MR) is 67.9 cm³/mol. The van der Waals surface area contributed by atoms with Gasteiger partial charge in [-0.05, 0) is 12.1 Å². The first-order valence-electron chi connectivity index (χ1n) is 5.53. The minimum atomic E-state index is -0.431. The van der Waals surface area contributed by atoms with Crippen molar-refractivity contribution >= 4 is 17.5 Å². The maximum Gasteiger partial charge on any atom is 0.319 e. The molecule has 17 heavy (non-hydrogen) atoms. The van der Waals surface area contributed by atoms with Gasteiger partial charge in [0.05, 0.1) is 6.54 Å². The van der Waals surface area contributed by atoms with Crippen LogP contribution in [0.25, 0.3) is 0 Å². The lowest BCUT2D eigenvalue weighted by atomic mass is 9.91. The lowest BCUT2D eigenvalue weighted by Crippen LogP contribution is -2.37. The summed E-state index contributed by atoms with van der Waals surface area (Å²) in [5, 5.41) is 5.18. The van der Waals surface area contributed by atoms with Crippen LogP contribution in [0.2, 0.25) is 0 Å². The number of para-hydroxylation sites is 1. The summed E-state index contributed by atoms with van der Waals surface area (Å²) in [5.74, 6) is 0.000659. The van der Waals surface area contributed by atoms with Crippen molar-refractivity contribution in [3.63, 3.8) is 0 Å². The minimum absolute atomic E-state index is 0.000659. The number of carbonyl (C=O) groups excluding carboxylic acids is 2. The predicted octanol–water partition coefficient (Wildman–Crippen LogP) is 2.42. The molecule has 0 aliphatic rings. The fourth-order valence-corrected chi connectivity index (χ4v) is 1.12. The van der Waals surface area contributed by atoms with Crippen LogP contribution in [0.3, 0.4) is 0 Å². The molecule has 0 saturated carbocycles. The Bertz CT molecular complexity index is 394. The molecule has 0 spiro atoms. The van der Waals surface area contributed by atoms with E-state index in [0.29, 0.717) is 5.69 Å². The summed E-state index contributed by atoms with van der Waals surface area (Å²) in [6.45, 7) is 5.52. The van der Waals surface area contributed by atoms with E-state index in [9.17, 15) is 9.59 Å². The van der Waals surface area contributed by atoms with Gasteiger partial charge in [0.25, 0.3) is 0 Å². The fraction of sp³-hybridized carbons (Fsp3) is 0.385. The number of anilines is 1. The van der Waals surface area contributed by atoms with Gasteiger partial charge in [0.2, 0.25) is 0 Å². The lowest BCUT2D eigenvalue weighted by Gasteiger charge is -2.16. The molecule has 1 aromatic rings. The quantitative estimate of drug-likeness (QED) is 0.843. The van der Waals surface area contributed by atoms with Crippen LogP contribution in [-0.2, 0) is 4.79 Å². The van der Waals surface area contributed by atoms with Gasteiger partial charge in [0, 0.05) is 11.1 Å². The topological polar surface area (TPSA) is 58.2 Å². The molecule has 0 atom stereocenters. The normalized spacial score (nSPS) is 10.8. The van der Waals surface area contributed by atoms with Crippen molar-refractivity contribution in [1.82, 2.24) is 5.32 Å². The molecular weight excluding hydrogens is 216 g/mol. The molecule has 0 aliphatic carbocycles. The molecule has 0 radical (unpaired) electrons. The molecule has 4 heteroatoms. The third kappa shape index (κ3) is 4.68. The molecule has 4 nitrogen and oxygen atoms in total. The van der Waals surface area contributed by atoms with Crippen LogP contribution >= 0.6 is 0 Å². The molecule has 1 aromatic carbocycles. The van der Waals surface area contributed by atoms with Gasteiger partial charge in [-0.25, -0.2) is 4.79 Å². The largest absolute Gasteiger partial charge is 0.331 e. The second-order valence-corrected chi connectivity index (χ2v) is 4.85. The Balaban J connectivity index is 2.39. The van der Waals surface area contributed by atoms with Gasteiger partial charge < -0.3 is 10.6 Å². The Morgan fingerprint density at radius 1 is 1.12 bits per heavy atom. The number of rotatable bonds is 3. The molecular formula is C13H18N2O2. The van der Waals surface area contributed by atoms with Crippen molar-refractivity contribution in [3.8, 4) is 0 Å². The molecule has 2 N–H and O–H groups in total. The third-order valence-electron chi connectivity index (χ3n) is 2.28. The molecule has 0 fully saturated rings. The fourth-order valence-electron chi connectivity index (χ4n) is 1.12. The van der Waals surface area contributed by atoms with Crippen molar-refractivity contribution < 1.29 is 9.59 Å². The van der Waals surface area contributed by atoms with Crippen molar-refractivity contribution in [2.75, 3.05) is 11.9 Å². The summed E-state index contributed by atoms with van der Waals surface area (Å²) in [6, 6.07) is 8.72. The van der Waals surface area contributed by atoms with Crippen LogP contribution in [-0.4, -0.2) is 18.4 Å². The van der Waals surface area contributed by atoms with E-state index in [0.717, 1.165) is 0 Å². The van der Waals surface area contributed by atoms with Crippen molar-refractivity contribution in [1.29, 1.82) is 0 Å². The highest BCUT2D eigenvalue weighted by Gasteiger charge is 2.21. The highest BCUT2D eigenvalue weighted by Crippen LogP contribution is 2.13. The molecule has 0 aliphatic heterocycles. The van der Waals surface area contributed by atoms with Gasteiger partial charge in [-0.15, -0.1) is 0 Å². The van der Waals surface area contributed by atoms with Gasteiger partial charge in [0.1, 0.15) is 0 Å². The monoisotopic (exact) mass is 234 g/mol. The molecule has 0 saturated heterocycles. The third-order valence-corrected chi connectivity index (χ3v) is 2.28. The standard InChI is InChI=1S/C13H18N2O2/c1-13(2,3)11(16)9-14-12(17)15-10-7-5-4-6-8-10/h4-8H,9H2,1-3H3,(H2,14,15,17). The van der Waals surface area contributed by atoms with Crippen LogP contribution in [0.4, 0.5) is 10.5 Å². The number of carbonyl (C=O) groups is 2. The summed E-state index contributed by atoms with van der Waals surface area (Å²) in [5.41, 5.74) is 0.272. The number of benzene rings is 1. The Morgan fingerprint density at radius 2 is 1.71 bits per heavy atom. The van der Waals surface area contributed by atoms with Gasteiger partial charge >= 0.3 is 6.03 Å². The van der Waals surface area contributed by atoms with Crippen LogP contribution in [0.15, 0.2) is 30.3 Å². The van der Waals surface area contributed by atoms with E-state index in [1.807, 2.05) is 39.0 Å². The highest BCUT2D eigenvalue weighted by atomic mass is 16.2. The van der Waals surface area contributed by atoms with E-state index >= 15 is 0 Å². The van der Waals surface area contributed by atoms with E-state index < -0.39 is 5.41 Å². The van der Waals surface area contributed by atoms with Crippen molar-refractivity contribution in [2.45, 2.75) is 20.8 Å². The van der Waals surface area contributed by atoms with Crippen molar-refractivity contribution in [3.05, 3.63) is 30.3 Å². The first-order chi connectivity index (χ1) is 7.89. The lowest BCUT2D eigenvalue weighted by molar-refractivity contribution is -0.125. The van der Waals surface area contributed by atoms with Gasteiger partial charge in [-0.3, -0.25) is 4.79 Å². The number of amides is 2. The molecule has 0 aromatic heterocycles. The average Bonchev–Trinajstić information content (AvgIpc) is 2.26. The first-order valence-corrected chi connectivity index (χ1v) is 5.53. The Labute approximate surface area is 101 Å². The second kappa shape index (κ2) is 5.48. The number of hydrogen-bond acceptors (Lipinski definition) is 2. The zero-order valence-electron chi connectivity index (χ0n) is 10.4. The highest BCUT2D eigenvalue weighted by molar-refractivity contribution is 5.93. The summed E-state index contributed by atoms with van der Waals surface area (Å²) >= 11 is 0. The van der Waals surface area contributed by atoms with Crippen LogP contribution in [0.5, 0.6) is 0 Å². The number of hydrogen-bond donors (Lipinski definition) is 2. The van der Waals surface area contributed by atoms with E-state index in [2.05, 4.69) is 10.6 Å². The van der Waals surface area contributed by atoms with E-state index in [4.69, 9.17) is 0 Å². The number of ketones is 1.